The van der Waals surface area contributed by atoms with Gasteiger partial charge < -0.3 is 9.64 Å². The Balaban J connectivity index is 2.09. The van der Waals surface area contributed by atoms with Crippen molar-refractivity contribution in [2.45, 2.75) is 60.1 Å². The zero-order chi connectivity index (χ0) is 25.9. The van der Waals surface area contributed by atoms with Crippen LogP contribution in [-0.4, -0.2) is 28.0 Å². The maximum atomic E-state index is 13.4. The molecule has 184 valence electrons. The maximum absolute atomic E-state index is 13.4. The molecule has 0 radical (unpaired) electrons. The molecule has 0 saturated heterocycles. The molecule has 1 aromatic carbocycles. The lowest BCUT2D eigenvalue weighted by Gasteiger charge is -2.35. The standard InChI is InChI=1S/C29H32ClNO4/c1-7-18(2)14-20(4)10-13-23-15-24-25(17-31(23)16-22-11-8-19(3)9-12-22)27(33)29(6,35-21(5)32)28(34)26(24)30/h8-15,17-18H,7,16H2,1-6H3/b13-10+,20-14+/t18-,29+/m0/s1. The Morgan fingerprint density at radius 2 is 1.83 bits per heavy atom. The summed E-state index contributed by atoms with van der Waals surface area (Å²) in [6.45, 7) is 11.3. The molecule has 6 heteroatoms. The van der Waals surface area contributed by atoms with Crippen molar-refractivity contribution in [3.05, 3.63) is 93.3 Å². The highest BCUT2D eigenvalue weighted by molar-refractivity contribution is 6.49. The number of hydrogen-bond acceptors (Lipinski definition) is 5. The molecule has 0 aromatic heterocycles. The van der Waals surface area contributed by atoms with E-state index >= 15 is 0 Å². The monoisotopic (exact) mass is 493 g/mol. The van der Waals surface area contributed by atoms with Crippen LogP contribution >= 0.6 is 11.6 Å². The molecule has 0 amide bonds. The normalized spacial score (nSPS) is 21.7. The van der Waals surface area contributed by atoms with Gasteiger partial charge in [0.05, 0.1) is 5.03 Å². The Morgan fingerprint density at radius 1 is 1.17 bits per heavy atom. The second kappa shape index (κ2) is 10.6. The van der Waals surface area contributed by atoms with Crippen molar-refractivity contribution in [3.63, 3.8) is 0 Å². The van der Waals surface area contributed by atoms with E-state index < -0.39 is 23.1 Å². The third-order valence-corrected chi connectivity index (χ3v) is 6.65. The molecule has 0 N–H and O–H groups in total. The maximum Gasteiger partial charge on any atom is 0.304 e. The highest BCUT2D eigenvalue weighted by atomic mass is 35.5. The fourth-order valence-electron chi connectivity index (χ4n) is 4.05. The largest absolute Gasteiger partial charge is 0.443 e. The van der Waals surface area contributed by atoms with Gasteiger partial charge in [-0.3, -0.25) is 14.4 Å². The van der Waals surface area contributed by atoms with E-state index in [1.165, 1.54) is 6.92 Å². The summed E-state index contributed by atoms with van der Waals surface area (Å²) in [5, 5.41) is -0.118. The van der Waals surface area contributed by atoms with E-state index in [1.807, 2.05) is 55.2 Å². The number of ether oxygens (including phenoxy) is 1. The van der Waals surface area contributed by atoms with Gasteiger partial charge >= 0.3 is 5.97 Å². The third-order valence-electron chi connectivity index (χ3n) is 6.28. The zero-order valence-corrected chi connectivity index (χ0v) is 21.9. The fourth-order valence-corrected chi connectivity index (χ4v) is 4.39. The minimum Gasteiger partial charge on any atom is -0.443 e. The first-order valence-corrected chi connectivity index (χ1v) is 12.2. The summed E-state index contributed by atoms with van der Waals surface area (Å²) in [7, 11) is 0. The molecule has 0 fully saturated rings. The molecule has 2 atom stereocenters. The molecule has 1 aliphatic heterocycles. The van der Waals surface area contributed by atoms with Gasteiger partial charge in [0, 0.05) is 36.5 Å². The zero-order valence-electron chi connectivity index (χ0n) is 21.1. The lowest BCUT2D eigenvalue weighted by Crippen LogP contribution is -2.51. The minimum atomic E-state index is -1.98. The van der Waals surface area contributed by atoms with Crippen LogP contribution in [0.3, 0.4) is 0 Å². The lowest BCUT2D eigenvalue weighted by molar-refractivity contribution is -0.167. The summed E-state index contributed by atoms with van der Waals surface area (Å²) >= 11 is 6.46. The highest BCUT2D eigenvalue weighted by Gasteiger charge is 2.52. The first kappa shape index (κ1) is 26.4. The van der Waals surface area contributed by atoms with Crippen molar-refractivity contribution in [1.82, 2.24) is 4.90 Å². The number of nitrogens with zero attached hydrogens (tertiary/aromatic N) is 1. The average molecular weight is 494 g/mol. The summed E-state index contributed by atoms with van der Waals surface area (Å²) in [5.41, 5.74) is 2.72. The van der Waals surface area contributed by atoms with Crippen LogP contribution in [0.5, 0.6) is 0 Å². The van der Waals surface area contributed by atoms with Gasteiger partial charge in [0.25, 0.3) is 0 Å². The number of benzene rings is 1. The Morgan fingerprint density at radius 3 is 2.43 bits per heavy atom. The third kappa shape index (κ3) is 5.73. The number of rotatable bonds is 7. The number of esters is 1. The van der Waals surface area contributed by atoms with Crippen LogP contribution in [0, 0.1) is 12.8 Å². The number of ketones is 2. The van der Waals surface area contributed by atoms with Crippen LogP contribution in [-0.2, 0) is 25.7 Å². The van der Waals surface area contributed by atoms with E-state index in [0.29, 0.717) is 18.0 Å². The van der Waals surface area contributed by atoms with Crippen molar-refractivity contribution >= 4 is 29.1 Å². The molecule has 1 aliphatic carbocycles. The van der Waals surface area contributed by atoms with Crippen LogP contribution in [0.1, 0.15) is 52.2 Å². The fraction of sp³-hybridized carbons (Fsp3) is 0.345. The molecule has 5 nitrogen and oxygen atoms in total. The topological polar surface area (TPSA) is 63.7 Å². The molecule has 0 saturated carbocycles. The van der Waals surface area contributed by atoms with Gasteiger partial charge in [0.15, 0.2) is 0 Å². The smallest absolute Gasteiger partial charge is 0.304 e. The lowest BCUT2D eigenvalue weighted by atomic mass is 9.79. The van der Waals surface area contributed by atoms with Crippen molar-refractivity contribution in [2.75, 3.05) is 0 Å². The Kier molecular flexibility index (Phi) is 8.01. The first-order chi connectivity index (χ1) is 16.5. The van der Waals surface area contributed by atoms with Crippen LogP contribution in [0.2, 0.25) is 0 Å². The number of halogens is 1. The number of carbonyl (C=O) groups is 3. The first-order valence-electron chi connectivity index (χ1n) is 11.8. The SMILES string of the molecule is CC[C@H](C)/C=C(C)/C=C/C1=CC2=C(Cl)C(=O)[C@](C)(OC(C)=O)C(=O)C2=CN1Cc1ccc(C)cc1. The van der Waals surface area contributed by atoms with Crippen molar-refractivity contribution in [2.24, 2.45) is 5.92 Å². The van der Waals surface area contributed by atoms with E-state index in [4.69, 9.17) is 16.3 Å². The van der Waals surface area contributed by atoms with Crippen LogP contribution in [0.4, 0.5) is 0 Å². The van der Waals surface area contributed by atoms with Gasteiger partial charge in [0.1, 0.15) is 0 Å². The number of aryl methyl sites for hydroxylation is 1. The summed E-state index contributed by atoms with van der Waals surface area (Å²) in [5.74, 6) is -1.57. The molecular weight excluding hydrogens is 462 g/mol. The summed E-state index contributed by atoms with van der Waals surface area (Å²) in [6, 6.07) is 8.15. The number of Topliss-reactive ketones (excluding diaryl/α,β-unsaturated/α-hetero) is 2. The summed E-state index contributed by atoms with van der Waals surface area (Å²) in [6.07, 6.45) is 10.7. The van der Waals surface area contributed by atoms with Gasteiger partial charge in [-0.2, -0.15) is 0 Å². The van der Waals surface area contributed by atoms with Crippen LogP contribution in [0.15, 0.2) is 82.2 Å². The predicted octanol–water partition coefficient (Wildman–Crippen LogP) is 6.09. The Bertz CT molecular complexity index is 1200. The quantitative estimate of drug-likeness (QED) is 0.261. The highest BCUT2D eigenvalue weighted by Crippen LogP contribution is 2.39. The molecule has 3 rings (SSSR count). The van der Waals surface area contributed by atoms with Crippen molar-refractivity contribution in [1.29, 1.82) is 0 Å². The van der Waals surface area contributed by atoms with Gasteiger partial charge in [-0.1, -0.05) is 79.4 Å². The van der Waals surface area contributed by atoms with Gasteiger partial charge in [-0.15, -0.1) is 0 Å². The second-order valence-corrected chi connectivity index (χ2v) is 9.75. The Hall–Kier alpha value is -3.18. The molecule has 1 heterocycles. The summed E-state index contributed by atoms with van der Waals surface area (Å²) < 4.78 is 5.18. The van der Waals surface area contributed by atoms with Crippen LogP contribution in [0.25, 0.3) is 0 Å². The van der Waals surface area contributed by atoms with Gasteiger partial charge in [0.2, 0.25) is 17.2 Å². The molecule has 0 unspecified atom stereocenters. The van der Waals surface area contributed by atoms with E-state index in [9.17, 15) is 14.4 Å². The average Bonchev–Trinajstić information content (AvgIpc) is 2.81. The number of fused-ring (bicyclic) bond motifs is 1. The van der Waals surface area contributed by atoms with E-state index in [2.05, 4.69) is 19.9 Å². The van der Waals surface area contributed by atoms with E-state index in [0.717, 1.165) is 35.7 Å². The molecule has 2 aliphatic rings. The van der Waals surface area contributed by atoms with E-state index in [1.54, 1.807) is 12.3 Å². The molecular formula is C29H32ClNO4. The van der Waals surface area contributed by atoms with Crippen LogP contribution < -0.4 is 0 Å². The van der Waals surface area contributed by atoms with E-state index in [-0.39, 0.29) is 10.6 Å². The number of allylic oxidation sites excluding steroid dienone is 6. The molecule has 35 heavy (non-hydrogen) atoms. The number of carbonyl (C=O) groups excluding carboxylic acids is 3. The predicted molar refractivity (Wildman–Crippen MR) is 138 cm³/mol. The Labute approximate surface area is 212 Å². The molecule has 0 bridgehead atoms. The van der Waals surface area contributed by atoms with Crippen molar-refractivity contribution < 1.29 is 19.1 Å². The van der Waals surface area contributed by atoms with Gasteiger partial charge in [-0.05, 0) is 44.4 Å². The van der Waals surface area contributed by atoms with Gasteiger partial charge in [-0.25, -0.2) is 0 Å². The summed E-state index contributed by atoms with van der Waals surface area (Å²) in [4.78, 5) is 40.0. The van der Waals surface area contributed by atoms with Crippen molar-refractivity contribution in [3.8, 4) is 0 Å². The number of hydrogen-bond donors (Lipinski definition) is 0. The molecule has 0 spiro atoms. The molecule has 1 aromatic rings. The second-order valence-electron chi connectivity index (χ2n) is 9.37. The minimum absolute atomic E-state index is 0.118.